The van der Waals surface area contributed by atoms with Gasteiger partial charge in [0.25, 0.3) is 5.56 Å². The van der Waals surface area contributed by atoms with E-state index in [0.717, 1.165) is 0 Å². The van der Waals surface area contributed by atoms with E-state index >= 15 is 0 Å². The number of carbonyl (C=O) groups is 1. The van der Waals surface area contributed by atoms with Crippen LogP contribution in [0.25, 0.3) is 0 Å². The Hall–Kier alpha value is -2.94. The fourth-order valence-electron chi connectivity index (χ4n) is 2.56. The van der Waals surface area contributed by atoms with Crippen molar-refractivity contribution in [1.29, 1.82) is 0 Å². The number of nitrogens with zero attached hydrogens (tertiary/aromatic N) is 1. The van der Waals surface area contributed by atoms with E-state index in [9.17, 15) is 14.4 Å². The second kappa shape index (κ2) is 7.75. The summed E-state index contributed by atoms with van der Waals surface area (Å²) in [6.07, 6.45) is 2.94. The number of aromatic nitrogens is 3. The summed E-state index contributed by atoms with van der Waals surface area (Å²) >= 11 is 0. The highest BCUT2D eigenvalue weighted by atomic mass is 16.5. The summed E-state index contributed by atoms with van der Waals surface area (Å²) in [6.45, 7) is 0.840. The summed E-state index contributed by atoms with van der Waals surface area (Å²) in [7, 11) is 0. The van der Waals surface area contributed by atoms with Gasteiger partial charge in [0.2, 0.25) is 11.8 Å². The van der Waals surface area contributed by atoms with Crippen molar-refractivity contribution >= 4 is 5.91 Å². The molecule has 25 heavy (non-hydrogen) atoms. The molecular weight excluding hydrogens is 328 g/mol. The van der Waals surface area contributed by atoms with E-state index in [1.54, 1.807) is 18.3 Å². The molecule has 2 atom stereocenters. The van der Waals surface area contributed by atoms with Crippen molar-refractivity contribution < 1.29 is 14.3 Å². The minimum Gasteiger partial charge on any atom is -0.470 e. The summed E-state index contributed by atoms with van der Waals surface area (Å²) in [5.41, 5.74) is -0.999. The highest BCUT2D eigenvalue weighted by Gasteiger charge is 2.29. The molecule has 0 radical (unpaired) electrons. The van der Waals surface area contributed by atoms with E-state index < -0.39 is 11.2 Å². The molecule has 9 nitrogen and oxygen atoms in total. The molecule has 0 aliphatic carbocycles. The first kappa shape index (κ1) is 16.9. The first-order valence-corrected chi connectivity index (χ1v) is 7.87. The number of ether oxygens (including phenoxy) is 2. The first-order valence-electron chi connectivity index (χ1n) is 7.87. The standard InChI is InChI=1S/C16H18N4O5/c21-13(7-10-8-18-16(23)20-15(10)22)19-11-4-6-24-9-12(11)25-14-3-1-2-5-17-14/h1-3,5,8,11-12H,4,6-7,9H2,(H,19,21)(H2,18,20,22,23)/t11-,12-/m1/s1. The molecule has 1 amide bonds. The largest absolute Gasteiger partial charge is 0.470 e. The summed E-state index contributed by atoms with van der Waals surface area (Å²) in [4.78, 5) is 43.5. The highest BCUT2D eigenvalue weighted by molar-refractivity contribution is 5.78. The molecule has 0 aromatic carbocycles. The van der Waals surface area contributed by atoms with Crippen LogP contribution in [0.1, 0.15) is 12.0 Å². The normalized spacial score (nSPS) is 20.0. The number of aromatic amines is 2. The quantitative estimate of drug-likeness (QED) is 0.661. The SMILES string of the molecule is O=C(Cc1c[nH]c(=O)[nH]c1=O)N[C@@H]1CCOC[C@H]1Oc1ccccn1. The lowest BCUT2D eigenvalue weighted by Gasteiger charge is -2.32. The van der Waals surface area contributed by atoms with E-state index in [1.807, 2.05) is 6.07 Å². The van der Waals surface area contributed by atoms with Gasteiger partial charge in [-0.25, -0.2) is 9.78 Å². The smallest absolute Gasteiger partial charge is 0.325 e. The van der Waals surface area contributed by atoms with Gasteiger partial charge in [0, 0.05) is 30.6 Å². The van der Waals surface area contributed by atoms with Crippen LogP contribution in [-0.4, -0.2) is 46.2 Å². The Bertz CT molecular complexity index is 832. The van der Waals surface area contributed by atoms with Crippen LogP contribution in [0.4, 0.5) is 0 Å². The molecule has 0 unspecified atom stereocenters. The number of amides is 1. The maximum absolute atomic E-state index is 12.2. The molecule has 1 aliphatic heterocycles. The van der Waals surface area contributed by atoms with Gasteiger partial charge in [-0.05, 0) is 12.5 Å². The van der Waals surface area contributed by atoms with Crippen LogP contribution in [0, 0.1) is 0 Å². The molecule has 2 aromatic heterocycles. The third kappa shape index (κ3) is 4.54. The molecule has 0 bridgehead atoms. The zero-order valence-corrected chi connectivity index (χ0v) is 13.4. The minimum atomic E-state index is -0.609. The topological polar surface area (TPSA) is 126 Å². The summed E-state index contributed by atoms with van der Waals surface area (Å²) in [6, 6.07) is 5.06. The Morgan fingerprint density at radius 1 is 1.40 bits per heavy atom. The number of rotatable bonds is 5. The van der Waals surface area contributed by atoms with Crippen molar-refractivity contribution in [2.75, 3.05) is 13.2 Å². The summed E-state index contributed by atoms with van der Waals surface area (Å²) in [5, 5.41) is 2.86. The molecule has 9 heteroatoms. The Balaban J connectivity index is 1.63. The van der Waals surface area contributed by atoms with Gasteiger partial charge in [0.15, 0.2) is 0 Å². The fourth-order valence-corrected chi connectivity index (χ4v) is 2.56. The van der Waals surface area contributed by atoms with Gasteiger partial charge in [0.05, 0.1) is 19.1 Å². The average molecular weight is 346 g/mol. The number of H-pyrrole nitrogens is 2. The molecule has 1 saturated heterocycles. The van der Waals surface area contributed by atoms with Gasteiger partial charge in [-0.15, -0.1) is 0 Å². The molecule has 1 fully saturated rings. The second-order valence-electron chi connectivity index (χ2n) is 5.64. The van der Waals surface area contributed by atoms with Gasteiger partial charge < -0.3 is 19.8 Å². The van der Waals surface area contributed by atoms with E-state index in [1.165, 1.54) is 6.20 Å². The molecule has 0 spiro atoms. The van der Waals surface area contributed by atoms with Crippen molar-refractivity contribution in [2.45, 2.75) is 25.0 Å². The van der Waals surface area contributed by atoms with Gasteiger partial charge >= 0.3 is 5.69 Å². The van der Waals surface area contributed by atoms with Crippen LogP contribution >= 0.6 is 0 Å². The van der Waals surface area contributed by atoms with E-state index in [-0.39, 0.29) is 30.0 Å². The van der Waals surface area contributed by atoms with Gasteiger partial charge in [-0.1, -0.05) is 6.07 Å². The van der Waals surface area contributed by atoms with Crippen LogP contribution in [0.3, 0.4) is 0 Å². The van der Waals surface area contributed by atoms with Crippen molar-refractivity contribution in [2.24, 2.45) is 0 Å². The lowest BCUT2D eigenvalue weighted by molar-refractivity contribution is -0.123. The van der Waals surface area contributed by atoms with Crippen molar-refractivity contribution in [1.82, 2.24) is 20.3 Å². The molecule has 1 aliphatic rings. The average Bonchev–Trinajstić information content (AvgIpc) is 2.60. The molecule has 3 N–H and O–H groups in total. The monoisotopic (exact) mass is 346 g/mol. The van der Waals surface area contributed by atoms with Crippen LogP contribution in [0.15, 0.2) is 40.2 Å². The Kier molecular flexibility index (Phi) is 5.24. The number of hydrogen-bond acceptors (Lipinski definition) is 6. The maximum Gasteiger partial charge on any atom is 0.325 e. The Labute approximate surface area is 142 Å². The zero-order chi connectivity index (χ0) is 17.6. The van der Waals surface area contributed by atoms with E-state index in [2.05, 4.69) is 20.3 Å². The second-order valence-corrected chi connectivity index (χ2v) is 5.64. The van der Waals surface area contributed by atoms with Crippen LogP contribution < -0.4 is 21.3 Å². The summed E-state index contributed by atoms with van der Waals surface area (Å²) in [5.74, 6) is 0.119. The number of carbonyl (C=O) groups excluding carboxylic acids is 1. The lowest BCUT2D eigenvalue weighted by atomic mass is 10.1. The molecule has 3 heterocycles. The number of pyridine rings is 1. The van der Waals surface area contributed by atoms with Crippen molar-refractivity contribution in [3.63, 3.8) is 0 Å². The lowest BCUT2D eigenvalue weighted by Crippen LogP contribution is -2.52. The van der Waals surface area contributed by atoms with Gasteiger partial charge in [-0.3, -0.25) is 14.6 Å². The van der Waals surface area contributed by atoms with Crippen LogP contribution in [-0.2, 0) is 16.0 Å². The predicted molar refractivity (Wildman–Crippen MR) is 87.4 cm³/mol. The molecule has 132 valence electrons. The Morgan fingerprint density at radius 2 is 2.28 bits per heavy atom. The third-order valence-electron chi connectivity index (χ3n) is 3.81. The Morgan fingerprint density at radius 3 is 3.04 bits per heavy atom. The van der Waals surface area contributed by atoms with Crippen molar-refractivity contribution in [3.05, 3.63) is 57.0 Å². The first-order chi connectivity index (χ1) is 12.1. The molecule has 2 aromatic rings. The van der Waals surface area contributed by atoms with Crippen LogP contribution in [0.5, 0.6) is 5.88 Å². The summed E-state index contributed by atoms with van der Waals surface area (Å²) < 4.78 is 11.2. The highest BCUT2D eigenvalue weighted by Crippen LogP contribution is 2.15. The predicted octanol–water partition coefficient (Wildman–Crippen LogP) is -0.647. The zero-order valence-electron chi connectivity index (χ0n) is 13.4. The molecule has 3 rings (SSSR count). The number of hydrogen-bond donors (Lipinski definition) is 3. The maximum atomic E-state index is 12.2. The van der Waals surface area contributed by atoms with Crippen molar-refractivity contribution in [3.8, 4) is 5.88 Å². The number of nitrogens with one attached hydrogen (secondary N) is 3. The fraction of sp³-hybridized carbons (Fsp3) is 0.375. The van der Waals surface area contributed by atoms with Gasteiger partial charge in [0.1, 0.15) is 6.10 Å². The van der Waals surface area contributed by atoms with Crippen LogP contribution in [0.2, 0.25) is 0 Å². The minimum absolute atomic E-state index is 0.139. The van der Waals surface area contributed by atoms with E-state index in [4.69, 9.17) is 9.47 Å². The third-order valence-corrected chi connectivity index (χ3v) is 3.81. The molecule has 0 saturated carbocycles. The molecular formula is C16H18N4O5. The van der Waals surface area contributed by atoms with E-state index in [0.29, 0.717) is 25.5 Å². The van der Waals surface area contributed by atoms with Gasteiger partial charge in [-0.2, -0.15) is 0 Å².